The zero-order chi connectivity index (χ0) is 16.7. The van der Waals surface area contributed by atoms with Crippen LogP contribution in [-0.2, 0) is 0 Å². The van der Waals surface area contributed by atoms with Crippen LogP contribution in [-0.4, -0.2) is 10.5 Å². The number of fused-ring (bicyclic) bond motifs is 2. The number of hydrogen-bond acceptors (Lipinski definition) is 2. The van der Waals surface area contributed by atoms with Crippen molar-refractivity contribution in [3.8, 4) is 0 Å². The molecule has 0 atom stereocenters. The van der Waals surface area contributed by atoms with Crippen LogP contribution in [0.15, 0.2) is 60.0 Å². The molecule has 2 aromatic carbocycles. The lowest BCUT2D eigenvalue weighted by molar-refractivity contribution is 0.101. The average Bonchev–Trinajstić information content (AvgIpc) is 3.15. The van der Waals surface area contributed by atoms with Crippen LogP contribution in [0.1, 0.15) is 30.4 Å². The van der Waals surface area contributed by atoms with Crippen molar-refractivity contribution in [2.24, 2.45) is 0 Å². The van der Waals surface area contributed by atoms with Crippen molar-refractivity contribution in [2.45, 2.75) is 19.9 Å². The summed E-state index contributed by atoms with van der Waals surface area (Å²) in [7, 11) is 0. The van der Waals surface area contributed by atoms with E-state index in [0.717, 1.165) is 21.3 Å². The number of thiophene rings is 1. The van der Waals surface area contributed by atoms with Crippen molar-refractivity contribution in [1.29, 1.82) is 0 Å². The van der Waals surface area contributed by atoms with Crippen LogP contribution in [0.2, 0.25) is 0 Å². The normalized spacial score (nSPS) is 11.5. The van der Waals surface area contributed by atoms with Gasteiger partial charge >= 0.3 is 0 Å². The minimum absolute atomic E-state index is 0.0672. The predicted molar refractivity (Wildman–Crippen MR) is 102 cm³/mol. The zero-order valence-electron chi connectivity index (χ0n) is 13.6. The average molecular weight is 334 g/mol. The quantitative estimate of drug-likeness (QED) is 0.513. The molecule has 1 N–H and O–H groups in total. The van der Waals surface area contributed by atoms with Crippen LogP contribution in [0.5, 0.6) is 0 Å². The summed E-state index contributed by atoms with van der Waals surface area (Å²) in [4.78, 5) is 12.8. The fourth-order valence-electron chi connectivity index (χ4n) is 3.14. The fraction of sp³-hybridized carbons (Fsp3) is 0.150. The van der Waals surface area contributed by atoms with Gasteiger partial charge in [-0.1, -0.05) is 30.3 Å². The Balaban J connectivity index is 1.70. The smallest absolute Gasteiger partial charge is 0.272 e. The Bertz CT molecular complexity index is 1040. The number of carbonyl (C=O) groups excluding carboxylic acids is 1. The summed E-state index contributed by atoms with van der Waals surface area (Å²) >= 11 is 1.66. The van der Waals surface area contributed by atoms with Gasteiger partial charge in [0.25, 0.3) is 5.91 Å². The fourth-order valence-corrected chi connectivity index (χ4v) is 3.95. The van der Waals surface area contributed by atoms with Gasteiger partial charge in [0.2, 0.25) is 0 Å². The van der Waals surface area contributed by atoms with Gasteiger partial charge in [-0.15, -0.1) is 11.3 Å². The molecular formula is C20H18N2OS. The van der Waals surface area contributed by atoms with Gasteiger partial charge < -0.3 is 9.88 Å². The lowest BCUT2D eigenvalue weighted by atomic mass is 10.1. The summed E-state index contributed by atoms with van der Waals surface area (Å²) in [6, 6.07) is 18.4. The van der Waals surface area contributed by atoms with E-state index in [1.807, 2.05) is 36.4 Å². The molecule has 0 aliphatic heterocycles. The van der Waals surface area contributed by atoms with Crippen molar-refractivity contribution < 1.29 is 4.79 Å². The molecule has 4 rings (SSSR count). The molecule has 0 radical (unpaired) electrons. The highest BCUT2D eigenvalue weighted by molar-refractivity contribution is 7.17. The van der Waals surface area contributed by atoms with Crippen molar-refractivity contribution in [3.63, 3.8) is 0 Å². The molecule has 0 bridgehead atoms. The van der Waals surface area contributed by atoms with Crippen LogP contribution in [0, 0.1) is 0 Å². The first-order valence-corrected chi connectivity index (χ1v) is 8.90. The molecule has 0 unspecified atom stereocenters. The highest BCUT2D eigenvalue weighted by Crippen LogP contribution is 2.29. The van der Waals surface area contributed by atoms with Gasteiger partial charge in [0.05, 0.1) is 10.2 Å². The highest BCUT2D eigenvalue weighted by atomic mass is 32.1. The molecular weight excluding hydrogens is 316 g/mol. The van der Waals surface area contributed by atoms with Crippen LogP contribution in [0.3, 0.4) is 0 Å². The van der Waals surface area contributed by atoms with Crippen molar-refractivity contribution >= 4 is 43.9 Å². The molecule has 0 aliphatic rings. The van der Waals surface area contributed by atoms with E-state index in [4.69, 9.17) is 0 Å². The number of amides is 1. The second-order valence-electron chi connectivity index (χ2n) is 6.18. The van der Waals surface area contributed by atoms with Gasteiger partial charge in [-0.05, 0) is 54.3 Å². The monoisotopic (exact) mass is 334 g/mol. The van der Waals surface area contributed by atoms with E-state index in [0.29, 0.717) is 5.69 Å². The van der Waals surface area contributed by atoms with Gasteiger partial charge in [-0.3, -0.25) is 4.79 Å². The maximum atomic E-state index is 12.8. The molecule has 2 heterocycles. The minimum Gasteiger partial charge on any atom is -0.333 e. The summed E-state index contributed by atoms with van der Waals surface area (Å²) in [5, 5.41) is 7.39. The standard InChI is InChI=1S/C20H18N2OS/c1-13(2)22-17-9-10-24-19(17)12-18(22)20(23)21-16-8-7-14-5-3-4-6-15(14)11-16/h3-13H,1-2H3,(H,21,23). The third-order valence-corrected chi connectivity index (χ3v) is 5.07. The van der Waals surface area contributed by atoms with Gasteiger partial charge in [-0.25, -0.2) is 0 Å². The molecule has 24 heavy (non-hydrogen) atoms. The van der Waals surface area contributed by atoms with E-state index >= 15 is 0 Å². The minimum atomic E-state index is -0.0672. The van der Waals surface area contributed by atoms with Gasteiger partial charge in [0.1, 0.15) is 5.69 Å². The van der Waals surface area contributed by atoms with Gasteiger partial charge in [0.15, 0.2) is 0 Å². The summed E-state index contributed by atoms with van der Waals surface area (Å²) in [6.45, 7) is 4.20. The van der Waals surface area contributed by atoms with Gasteiger partial charge in [0, 0.05) is 11.7 Å². The number of carbonyl (C=O) groups is 1. The number of benzene rings is 2. The van der Waals surface area contributed by atoms with E-state index in [2.05, 4.69) is 47.3 Å². The van der Waals surface area contributed by atoms with Crippen LogP contribution < -0.4 is 5.32 Å². The molecule has 3 nitrogen and oxygen atoms in total. The molecule has 1 amide bonds. The second kappa shape index (κ2) is 5.80. The largest absolute Gasteiger partial charge is 0.333 e. The van der Waals surface area contributed by atoms with Crippen LogP contribution >= 0.6 is 11.3 Å². The first kappa shape index (κ1) is 15.0. The Morgan fingerprint density at radius 2 is 1.83 bits per heavy atom. The molecule has 0 fully saturated rings. The topological polar surface area (TPSA) is 34.0 Å². The summed E-state index contributed by atoms with van der Waals surface area (Å²) < 4.78 is 3.25. The first-order chi connectivity index (χ1) is 11.6. The molecule has 0 saturated carbocycles. The van der Waals surface area contributed by atoms with Gasteiger partial charge in [-0.2, -0.15) is 0 Å². The lowest BCUT2D eigenvalue weighted by Crippen LogP contribution is -2.18. The summed E-state index contributed by atoms with van der Waals surface area (Å²) in [6.07, 6.45) is 0. The SMILES string of the molecule is CC(C)n1c(C(=O)Nc2ccc3ccccc3c2)cc2sccc21. The van der Waals surface area contributed by atoms with E-state index in [1.165, 1.54) is 5.39 Å². The highest BCUT2D eigenvalue weighted by Gasteiger charge is 2.18. The second-order valence-corrected chi connectivity index (χ2v) is 7.13. The Hall–Kier alpha value is -2.59. The summed E-state index contributed by atoms with van der Waals surface area (Å²) in [5.74, 6) is -0.0672. The van der Waals surface area contributed by atoms with E-state index in [9.17, 15) is 4.79 Å². The number of aromatic nitrogens is 1. The maximum absolute atomic E-state index is 12.8. The Kier molecular flexibility index (Phi) is 3.62. The zero-order valence-corrected chi connectivity index (χ0v) is 14.4. The lowest BCUT2D eigenvalue weighted by Gasteiger charge is -2.14. The number of rotatable bonds is 3. The predicted octanol–water partition coefficient (Wildman–Crippen LogP) is 5.69. The van der Waals surface area contributed by atoms with E-state index in [1.54, 1.807) is 11.3 Å². The van der Waals surface area contributed by atoms with Crippen molar-refractivity contribution in [2.75, 3.05) is 5.32 Å². The third kappa shape index (κ3) is 2.49. The Morgan fingerprint density at radius 3 is 2.62 bits per heavy atom. The van der Waals surface area contributed by atoms with Crippen molar-refractivity contribution in [3.05, 3.63) is 65.7 Å². The molecule has 2 aromatic heterocycles. The first-order valence-electron chi connectivity index (χ1n) is 8.02. The maximum Gasteiger partial charge on any atom is 0.272 e. The summed E-state index contributed by atoms with van der Waals surface area (Å²) in [5.41, 5.74) is 2.65. The molecule has 4 heteroatoms. The Labute approximate surface area is 144 Å². The Morgan fingerprint density at radius 1 is 1.04 bits per heavy atom. The van der Waals surface area contributed by atoms with Crippen molar-refractivity contribution in [1.82, 2.24) is 4.57 Å². The molecule has 0 spiro atoms. The third-order valence-electron chi connectivity index (χ3n) is 4.22. The molecule has 0 aliphatic carbocycles. The van der Waals surface area contributed by atoms with E-state index < -0.39 is 0 Å². The number of anilines is 1. The number of hydrogen-bond donors (Lipinski definition) is 1. The molecule has 120 valence electrons. The van der Waals surface area contributed by atoms with Crippen LogP contribution in [0.25, 0.3) is 21.0 Å². The van der Waals surface area contributed by atoms with Crippen LogP contribution in [0.4, 0.5) is 5.69 Å². The van der Waals surface area contributed by atoms with E-state index in [-0.39, 0.29) is 11.9 Å². The number of nitrogens with zero attached hydrogens (tertiary/aromatic N) is 1. The molecule has 0 saturated heterocycles. The molecule has 4 aromatic rings. The number of nitrogens with one attached hydrogen (secondary N) is 1.